The van der Waals surface area contributed by atoms with E-state index in [0.29, 0.717) is 0 Å². The Bertz CT molecular complexity index is 110. The van der Waals surface area contributed by atoms with Crippen molar-refractivity contribution in [3.63, 3.8) is 0 Å². The summed E-state index contributed by atoms with van der Waals surface area (Å²) in [6.45, 7) is 16.4. The molecule has 0 unspecified atom stereocenters. The van der Waals surface area contributed by atoms with E-state index in [2.05, 4.69) is 41.5 Å². The van der Waals surface area contributed by atoms with Crippen molar-refractivity contribution in [3.05, 3.63) is 13.8 Å². The molecule has 24 heavy (non-hydrogen) atoms. The molecule has 0 heterocycles. The van der Waals surface area contributed by atoms with Crippen molar-refractivity contribution in [1.29, 1.82) is 0 Å². The van der Waals surface area contributed by atoms with Gasteiger partial charge in [-0.3, -0.25) is 0 Å². The standard InChI is InChI=1S/2C8H18.C6H12.2Y/c2*1-3-5-7-8-6-4-2;1-3-5-6-4-2;;/h2*3-8H2,1-2H3;1-6H2;;/q;;-2;;. The molecule has 0 aliphatic carbocycles. The maximum Gasteiger partial charge on any atom is 0 e. The third kappa shape index (κ3) is 56.4. The summed E-state index contributed by atoms with van der Waals surface area (Å²) in [6.07, 6.45) is 21.6. The van der Waals surface area contributed by atoms with Gasteiger partial charge in [-0.05, 0) is 0 Å². The van der Waals surface area contributed by atoms with Crippen molar-refractivity contribution in [1.82, 2.24) is 0 Å². The molecule has 0 aromatic carbocycles. The maximum atomic E-state index is 3.70. The van der Waals surface area contributed by atoms with Crippen LogP contribution < -0.4 is 0 Å². The van der Waals surface area contributed by atoms with Crippen LogP contribution >= 0.6 is 0 Å². The van der Waals surface area contributed by atoms with Crippen molar-refractivity contribution in [2.45, 2.75) is 130 Å². The van der Waals surface area contributed by atoms with Gasteiger partial charge in [0.2, 0.25) is 0 Å². The van der Waals surface area contributed by atoms with E-state index in [1.54, 1.807) is 0 Å². The fraction of sp³-hybridized carbons (Fsp3) is 0.909. The Morgan fingerprint density at radius 1 is 0.375 bits per heavy atom. The summed E-state index contributed by atoms with van der Waals surface area (Å²) in [7, 11) is 0. The molecule has 0 atom stereocenters. The number of hydrogen-bond acceptors (Lipinski definition) is 0. The zero-order valence-corrected chi connectivity index (χ0v) is 23.6. The summed E-state index contributed by atoms with van der Waals surface area (Å²) in [5, 5.41) is 0. The molecule has 0 amide bonds. The van der Waals surface area contributed by atoms with Gasteiger partial charge in [-0.2, -0.15) is 12.8 Å². The van der Waals surface area contributed by atoms with Crippen LogP contribution in [-0.4, -0.2) is 0 Å². The molecule has 0 aromatic rings. The van der Waals surface area contributed by atoms with E-state index in [9.17, 15) is 0 Å². The van der Waals surface area contributed by atoms with Gasteiger partial charge in [-0.1, -0.05) is 118 Å². The van der Waals surface area contributed by atoms with Gasteiger partial charge in [0.25, 0.3) is 0 Å². The van der Waals surface area contributed by atoms with E-state index in [1.807, 2.05) is 0 Å². The van der Waals surface area contributed by atoms with Gasteiger partial charge < -0.3 is 13.8 Å². The molecular weight excluding hydrogens is 442 g/mol. The summed E-state index contributed by atoms with van der Waals surface area (Å²) >= 11 is 0. The molecule has 0 aliphatic rings. The van der Waals surface area contributed by atoms with Gasteiger partial charge in [0, 0.05) is 65.4 Å². The van der Waals surface area contributed by atoms with Crippen LogP contribution in [0.2, 0.25) is 0 Å². The maximum absolute atomic E-state index is 3.70. The summed E-state index contributed by atoms with van der Waals surface area (Å²) in [5.41, 5.74) is 0. The number of hydrogen-bond donors (Lipinski definition) is 0. The van der Waals surface area contributed by atoms with Crippen LogP contribution in [0.25, 0.3) is 0 Å². The Balaban J connectivity index is -0.0000000730. The first-order chi connectivity index (χ1) is 10.7. The van der Waals surface area contributed by atoms with Crippen LogP contribution in [-0.2, 0) is 65.4 Å². The first-order valence-corrected chi connectivity index (χ1v) is 10.3. The van der Waals surface area contributed by atoms with Crippen LogP contribution in [0.5, 0.6) is 0 Å². The summed E-state index contributed by atoms with van der Waals surface area (Å²) in [5.74, 6) is 0. The van der Waals surface area contributed by atoms with Crippen LogP contribution in [0.4, 0.5) is 0 Å². The summed E-state index contributed by atoms with van der Waals surface area (Å²) in [6, 6.07) is 0. The number of rotatable bonds is 13. The van der Waals surface area contributed by atoms with E-state index in [1.165, 1.54) is 89.9 Å². The topological polar surface area (TPSA) is 0 Å². The molecule has 2 heteroatoms. The van der Waals surface area contributed by atoms with Gasteiger partial charge >= 0.3 is 0 Å². The van der Waals surface area contributed by atoms with E-state index >= 15 is 0 Å². The van der Waals surface area contributed by atoms with Gasteiger partial charge in [0.05, 0.1) is 0 Å². The van der Waals surface area contributed by atoms with Gasteiger partial charge in [-0.15, -0.1) is 0 Å². The Labute approximate surface area is 207 Å². The van der Waals surface area contributed by atoms with Gasteiger partial charge in [0.1, 0.15) is 0 Å². The third-order valence-corrected chi connectivity index (χ3v) is 3.66. The smallest absolute Gasteiger partial charge is 0 e. The SMILES string of the molecule is CCCCCCCC.CCCCCCCC.[CH2-]CCCC[CH2-].[Y].[Y]. The minimum absolute atomic E-state index is 0. The second-order valence-electron chi connectivity index (χ2n) is 6.24. The molecular formula is C22H48Y2-2. The Morgan fingerprint density at radius 3 is 0.708 bits per heavy atom. The minimum atomic E-state index is 0. The molecule has 2 radical (unpaired) electrons. The van der Waals surface area contributed by atoms with E-state index in [0.717, 1.165) is 12.8 Å². The molecule has 0 aromatic heterocycles. The van der Waals surface area contributed by atoms with E-state index in [4.69, 9.17) is 0 Å². The monoisotopic (exact) mass is 490 g/mol. The first kappa shape index (κ1) is 37.0. The molecule has 144 valence electrons. The molecule has 0 saturated carbocycles. The van der Waals surface area contributed by atoms with E-state index in [-0.39, 0.29) is 65.4 Å². The Morgan fingerprint density at radius 2 is 0.583 bits per heavy atom. The molecule has 0 fully saturated rings. The second kappa shape index (κ2) is 44.6. The van der Waals surface area contributed by atoms with Crippen molar-refractivity contribution in [2.24, 2.45) is 0 Å². The summed E-state index contributed by atoms with van der Waals surface area (Å²) < 4.78 is 0. The minimum Gasteiger partial charge on any atom is -0.343 e. The Hall–Kier alpha value is 2.21. The van der Waals surface area contributed by atoms with Crippen LogP contribution in [0.3, 0.4) is 0 Å². The predicted octanol–water partition coefficient (Wildman–Crippen LogP) is 8.94. The third-order valence-electron chi connectivity index (χ3n) is 3.66. The van der Waals surface area contributed by atoms with Crippen molar-refractivity contribution in [2.75, 3.05) is 0 Å². The van der Waals surface area contributed by atoms with Gasteiger partial charge in [0.15, 0.2) is 0 Å². The van der Waals surface area contributed by atoms with Crippen molar-refractivity contribution >= 4 is 0 Å². The molecule has 0 N–H and O–H groups in total. The quantitative estimate of drug-likeness (QED) is 0.179. The fourth-order valence-electron chi connectivity index (χ4n) is 2.06. The van der Waals surface area contributed by atoms with E-state index < -0.39 is 0 Å². The average Bonchev–Trinajstić information content (AvgIpc) is 2.55. The van der Waals surface area contributed by atoms with Crippen molar-refractivity contribution < 1.29 is 65.4 Å². The molecule has 0 nitrogen and oxygen atoms in total. The first-order valence-electron chi connectivity index (χ1n) is 10.3. The van der Waals surface area contributed by atoms with Crippen molar-refractivity contribution in [3.8, 4) is 0 Å². The van der Waals surface area contributed by atoms with Crippen LogP contribution in [0.15, 0.2) is 0 Å². The average molecular weight is 490 g/mol. The van der Waals surface area contributed by atoms with Crippen LogP contribution in [0.1, 0.15) is 130 Å². The summed E-state index contributed by atoms with van der Waals surface area (Å²) in [4.78, 5) is 0. The molecule has 0 spiro atoms. The molecule has 0 aliphatic heterocycles. The second-order valence-corrected chi connectivity index (χ2v) is 6.24. The largest absolute Gasteiger partial charge is 0.343 e. The zero-order valence-electron chi connectivity index (χ0n) is 17.9. The normalized spacial score (nSPS) is 8.75. The predicted molar refractivity (Wildman–Crippen MR) is 107 cm³/mol. The molecule has 0 saturated heterocycles. The molecule has 0 bridgehead atoms. The van der Waals surface area contributed by atoms with Crippen LogP contribution in [0, 0.1) is 13.8 Å². The fourth-order valence-corrected chi connectivity index (χ4v) is 2.06. The number of unbranched alkanes of at least 4 members (excludes halogenated alkanes) is 13. The zero-order chi connectivity index (χ0) is 17.3. The van der Waals surface area contributed by atoms with Gasteiger partial charge in [-0.25, -0.2) is 0 Å². The Kier molecular flexibility index (Phi) is 68.7. The molecule has 0 rings (SSSR count).